The summed E-state index contributed by atoms with van der Waals surface area (Å²) >= 11 is 0. The third kappa shape index (κ3) is 3.22. The van der Waals surface area contributed by atoms with Crippen LogP contribution in [-0.2, 0) is 19.1 Å². The number of hydrogen-bond acceptors (Lipinski definition) is 6. The molecule has 0 aromatic rings. The van der Waals surface area contributed by atoms with Crippen LogP contribution in [0.5, 0.6) is 0 Å². The largest absolute Gasteiger partial charge is 0.390 e. The minimum atomic E-state index is -1.66. The highest BCUT2D eigenvalue weighted by molar-refractivity contribution is 5.97. The van der Waals surface area contributed by atoms with E-state index in [9.17, 15) is 19.8 Å². The van der Waals surface area contributed by atoms with Gasteiger partial charge in [0.1, 0.15) is 6.10 Å². The van der Waals surface area contributed by atoms with E-state index in [0.717, 1.165) is 5.57 Å². The summed E-state index contributed by atoms with van der Waals surface area (Å²) in [4.78, 5) is 22.8. The summed E-state index contributed by atoms with van der Waals surface area (Å²) in [5, 5.41) is 23.3. The van der Waals surface area contributed by atoms with Crippen molar-refractivity contribution in [2.24, 2.45) is 11.8 Å². The minimum Gasteiger partial charge on any atom is -0.390 e. The van der Waals surface area contributed by atoms with E-state index < -0.39 is 18.0 Å². The Bertz CT molecular complexity index is 463. The molecule has 2 saturated heterocycles. The summed E-state index contributed by atoms with van der Waals surface area (Å²) < 4.78 is 10.7. The number of amides is 2. The molecule has 2 aliphatic heterocycles. The Morgan fingerprint density at radius 3 is 2.50 bits per heavy atom. The van der Waals surface area contributed by atoms with Gasteiger partial charge in [0.05, 0.1) is 12.7 Å². The number of methoxy groups -OCH3 is 1. The third-order valence-electron chi connectivity index (χ3n) is 4.53. The van der Waals surface area contributed by atoms with E-state index in [1.54, 1.807) is 6.92 Å². The molecule has 124 valence electrons. The van der Waals surface area contributed by atoms with Crippen LogP contribution in [0.2, 0.25) is 0 Å². The SMILES string of the molecule is C=C1CO[C@@](O)([C@@H](OC)[C@@H](O)CC2CC(=O)NC(=O)C2)[C@H]1C. The van der Waals surface area contributed by atoms with Crippen LogP contribution in [0.1, 0.15) is 26.2 Å². The van der Waals surface area contributed by atoms with Crippen LogP contribution in [0.3, 0.4) is 0 Å². The first-order valence-corrected chi connectivity index (χ1v) is 7.35. The summed E-state index contributed by atoms with van der Waals surface area (Å²) in [6, 6.07) is 0. The smallest absolute Gasteiger partial charge is 0.226 e. The molecule has 2 rings (SSSR count). The van der Waals surface area contributed by atoms with Gasteiger partial charge in [-0.05, 0) is 17.9 Å². The van der Waals surface area contributed by atoms with Gasteiger partial charge in [-0.2, -0.15) is 0 Å². The van der Waals surface area contributed by atoms with Crippen molar-refractivity contribution in [1.82, 2.24) is 5.32 Å². The molecule has 0 spiro atoms. The molecule has 0 aromatic carbocycles. The molecule has 22 heavy (non-hydrogen) atoms. The highest BCUT2D eigenvalue weighted by atomic mass is 16.7. The molecule has 4 atom stereocenters. The number of carbonyl (C=O) groups excluding carboxylic acids is 2. The van der Waals surface area contributed by atoms with E-state index in [1.807, 2.05) is 0 Å². The van der Waals surface area contributed by atoms with Crippen molar-refractivity contribution in [2.75, 3.05) is 13.7 Å². The average Bonchev–Trinajstić information content (AvgIpc) is 2.67. The molecule has 0 unspecified atom stereocenters. The van der Waals surface area contributed by atoms with E-state index in [4.69, 9.17) is 9.47 Å². The molecule has 0 radical (unpaired) electrons. The number of piperidine rings is 1. The second kappa shape index (κ2) is 6.45. The summed E-state index contributed by atoms with van der Waals surface area (Å²) in [6.45, 7) is 5.78. The van der Waals surface area contributed by atoms with Gasteiger partial charge in [-0.1, -0.05) is 13.5 Å². The Kier molecular flexibility index (Phi) is 5.01. The van der Waals surface area contributed by atoms with E-state index in [-0.39, 0.29) is 49.5 Å². The summed E-state index contributed by atoms with van der Waals surface area (Å²) in [5.74, 6) is -3.02. The fourth-order valence-corrected chi connectivity index (χ4v) is 3.17. The predicted molar refractivity (Wildman–Crippen MR) is 76.5 cm³/mol. The van der Waals surface area contributed by atoms with E-state index in [2.05, 4.69) is 11.9 Å². The zero-order valence-corrected chi connectivity index (χ0v) is 12.9. The lowest BCUT2D eigenvalue weighted by molar-refractivity contribution is -0.275. The van der Waals surface area contributed by atoms with Gasteiger partial charge in [-0.3, -0.25) is 14.9 Å². The topological polar surface area (TPSA) is 105 Å². The Balaban J connectivity index is 2.06. The molecule has 7 heteroatoms. The molecule has 3 N–H and O–H groups in total. The maximum Gasteiger partial charge on any atom is 0.226 e. The third-order valence-corrected chi connectivity index (χ3v) is 4.53. The lowest BCUT2D eigenvalue weighted by atomic mass is 9.84. The molecule has 2 aliphatic rings. The Morgan fingerprint density at radius 2 is 2.05 bits per heavy atom. The fraction of sp³-hybridized carbons (Fsp3) is 0.733. The Labute approximate surface area is 129 Å². The van der Waals surface area contributed by atoms with Gasteiger partial charge in [0.25, 0.3) is 0 Å². The summed E-state index contributed by atoms with van der Waals surface area (Å²) in [5.41, 5.74) is 0.726. The molecule has 0 aliphatic carbocycles. The average molecular weight is 313 g/mol. The summed E-state index contributed by atoms with van der Waals surface area (Å²) in [6.07, 6.45) is -1.54. The van der Waals surface area contributed by atoms with Gasteiger partial charge in [-0.25, -0.2) is 0 Å². The number of imide groups is 1. The number of aliphatic hydroxyl groups excluding tert-OH is 1. The van der Waals surface area contributed by atoms with Crippen LogP contribution in [0, 0.1) is 11.8 Å². The summed E-state index contributed by atoms with van der Waals surface area (Å²) in [7, 11) is 1.38. The van der Waals surface area contributed by atoms with Crippen LogP contribution in [-0.4, -0.2) is 53.7 Å². The first kappa shape index (κ1) is 17.1. The molecule has 0 bridgehead atoms. The molecule has 7 nitrogen and oxygen atoms in total. The zero-order chi connectivity index (χ0) is 16.5. The van der Waals surface area contributed by atoms with E-state index >= 15 is 0 Å². The van der Waals surface area contributed by atoms with Crippen LogP contribution >= 0.6 is 0 Å². The lowest BCUT2D eigenvalue weighted by Crippen LogP contribution is -2.54. The van der Waals surface area contributed by atoms with Crippen molar-refractivity contribution in [1.29, 1.82) is 0 Å². The van der Waals surface area contributed by atoms with Crippen LogP contribution in [0.4, 0.5) is 0 Å². The van der Waals surface area contributed by atoms with Gasteiger partial charge in [0, 0.05) is 25.9 Å². The fourth-order valence-electron chi connectivity index (χ4n) is 3.17. The van der Waals surface area contributed by atoms with Gasteiger partial charge >= 0.3 is 0 Å². The first-order valence-electron chi connectivity index (χ1n) is 7.35. The van der Waals surface area contributed by atoms with Crippen LogP contribution in [0.25, 0.3) is 0 Å². The second-order valence-electron chi connectivity index (χ2n) is 6.13. The quantitative estimate of drug-likeness (QED) is 0.476. The van der Waals surface area contributed by atoms with Crippen LogP contribution < -0.4 is 5.32 Å². The number of rotatable bonds is 5. The minimum absolute atomic E-state index is 0.167. The van der Waals surface area contributed by atoms with Crippen molar-refractivity contribution < 1.29 is 29.3 Å². The highest BCUT2D eigenvalue weighted by Crippen LogP contribution is 2.39. The molecule has 2 fully saturated rings. The van der Waals surface area contributed by atoms with Crippen molar-refractivity contribution in [2.45, 2.75) is 44.2 Å². The van der Waals surface area contributed by atoms with Crippen molar-refractivity contribution >= 4 is 11.8 Å². The normalized spacial score (nSPS) is 32.9. The zero-order valence-electron chi connectivity index (χ0n) is 12.9. The molecular weight excluding hydrogens is 290 g/mol. The predicted octanol–water partition coefficient (Wildman–Crippen LogP) is -0.284. The maximum atomic E-state index is 11.4. The molecule has 0 aromatic heterocycles. The number of aliphatic hydroxyl groups is 2. The molecule has 2 amide bonds. The number of nitrogens with one attached hydrogen (secondary N) is 1. The second-order valence-corrected chi connectivity index (χ2v) is 6.13. The highest BCUT2D eigenvalue weighted by Gasteiger charge is 2.52. The van der Waals surface area contributed by atoms with Gasteiger partial charge in [-0.15, -0.1) is 0 Å². The van der Waals surface area contributed by atoms with E-state index in [0.29, 0.717) is 0 Å². The lowest BCUT2D eigenvalue weighted by Gasteiger charge is -2.37. The van der Waals surface area contributed by atoms with Crippen molar-refractivity contribution in [3.05, 3.63) is 12.2 Å². The maximum absolute atomic E-state index is 11.4. The Morgan fingerprint density at radius 1 is 1.45 bits per heavy atom. The monoisotopic (exact) mass is 313 g/mol. The standard InChI is InChI=1S/C15H23NO6/c1-8-7-22-15(20,9(8)2)14(21-3)11(17)4-10-5-12(18)16-13(19)6-10/h9-11,14,17,20H,1,4-7H2,2-3H3,(H,16,18,19)/t9-,11-,14-,15+/m0/s1. The Hall–Kier alpha value is -1.28. The molecular formula is C15H23NO6. The van der Waals surface area contributed by atoms with Gasteiger partial charge in [0.2, 0.25) is 17.6 Å². The van der Waals surface area contributed by atoms with Gasteiger partial charge in [0.15, 0.2) is 0 Å². The number of hydrogen-bond donors (Lipinski definition) is 3. The van der Waals surface area contributed by atoms with Crippen LogP contribution in [0.15, 0.2) is 12.2 Å². The molecule has 0 saturated carbocycles. The van der Waals surface area contributed by atoms with E-state index in [1.165, 1.54) is 7.11 Å². The number of carbonyl (C=O) groups is 2. The van der Waals surface area contributed by atoms with Crippen molar-refractivity contribution in [3.63, 3.8) is 0 Å². The molecule has 2 heterocycles. The van der Waals surface area contributed by atoms with Crippen molar-refractivity contribution in [3.8, 4) is 0 Å². The van der Waals surface area contributed by atoms with Gasteiger partial charge < -0.3 is 19.7 Å². The number of ether oxygens (including phenoxy) is 2. The first-order chi connectivity index (χ1) is 10.3.